The van der Waals surface area contributed by atoms with Gasteiger partial charge in [-0.2, -0.15) is 0 Å². The van der Waals surface area contributed by atoms with Gasteiger partial charge in [0.15, 0.2) is 0 Å². The SMILES string of the molecule is c1ccc2c(c1)Cn1c-2cc2ncccc21. The maximum Gasteiger partial charge on any atom is 0.0887 e. The first kappa shape index (κ1) is 8.11. The average molecular weight is 206 g/mol. The highest BCUT2D eigenvalue weighted by Crippen LogP contribution is 2.35. The molecule has 1 aliphatic rings. The predicted molar refractivity (Wildman–Crippen MR) is 64.3 cm³/mol. The van der Waals surface area contributed by atoms with Crippen LogP contribution in [0.1, 0.15) is 5.56 Å². The third-order valence-electron chi connectivity index (χ3n) is 3.29. The third kappa shape index (κ3) is 0.890. The zero-order valence-electron chi connectivity index (χ0n) is 8.72. The van der Waals surface area contributed by atoms with Crippen molar-refractivity contribution in [2.45, 2.75) is 6.54 Å². The molecule has 0 N–H and O–H groups in total. The largest absolute Gasteiger partial charge is 0.335 e. The standard InChI is InChI=1S/C14H10N2/c1-2-5-11-10(4-1)9-16-13-6-3-7-15-12(13)8-14(11)16/h1-8H,9H2. The molecule has 3 aromatic rings. The van der Waals surface area contributed by atoms with Crippen molar-refractivity contribution in [2.24, 2.45) is 0 Å². The molecule has 0 radical (unpaired) electrons. The Morgan fingerprint density at radius 2 is 2.00 bits per heavy atom. The Morgan fingerprint density at radius 3 is 3.00 bits per heavy atom. The lowest BCUT2D eigenvalue weighted by Crippen LogP contribution is -1.91. The summed E-state index contributed by atoms with van der Waals surface area (Å²) in [4.78, 5) is 4.40. The molecule has 0 amide bonds. The van der Waals surface area contributed by atoms with E-state index >= 15 is 0 Å². The first-order chi connectivity index (χ1) is 7.93. The summed E-state index contributed by atoms with van der Waals surface area (Å²) in [6.45, 7) is 0.973. The molecule has 0 unspecified atom stereocenters. The second kappa shape index (κ2) is 2.73. The van der Waals surface area contributed by atoms with E-state index in [1.54, 1.807) is 0 Å². The lowest BCUT2D eigenvalue weighted by molar-refractivity contribution is 0.886. The zero-order chi connectivity index (χ0) is 10.5. The number of rotatable bonds is 0. The van der Waals surface area contributed by atoms with Gasteiger partial charge in [-0.15, -0.1) is 0 Å². The molecule has 0 saturated carbocycles. The lowest BCUT2D eigenvalue weighted by atomic mass is 10.1. The minimum Gasteiger partial charge on any atom is -0.335 e. The maximum absolute atomic E-state index is 4.40. The molecule has 0 fully saturated rings. The fourth-order valence-corrected chi connectivity index (χ4v) is 2.56. The molecule has 76 valence electrons. The van der Waals surface area contributed by atoms with E-state index in [-0.39, 0.29) is 0 Å². The summed E-state index contributed by atoms with van der Waals surface area (Å²) >= 11 is 0. The van der Waals surface area contributed by atoms with Gasteiger partial charge in [-0.05, 0) is 23.8 Å². The van der Waals surface area contributed by atoms with Gasteiger partial charge in [0.25, 0.3) is 0 Å². The number of benzene rings is 1. The molecule has 2 heteroatoms. The van der Waals surface area contributed by atoms with Crippen LogP contribution >= 0.6 is 0 Å². The smallest absolute Gasteiger partial charge is 0.0887 e. The fourth-order valence-electron chi connectivity index (χ4n) is 2.56. The summed E-state index contributed by atoms with van der Waals surface area (Å²) in [6, 6.07) is 14.9. The Morgan fingerprint density at radius 1 is 1.06 bits per heavy atom. The van der Waals surface area contributed by atoms with Gasteiger partial charge in [0, 0.05) is 18.3 Å². The molecule has 0 atom stereocenters. The van der Waals surface area contributed by atoms with Crippen molar-refractivity contribution in [1.29, 1.82) is 0 Å². The number of fused-ring (bicyclic) bond motifs is 5. The highest BCUT2D eigenvalue weighted by Gasteiger charge is 2.20. The molecule has 16 heavy (non-hydrogen) atoms. The summed E-state index contributed by atoms with van der Waals surface area (Å²) in [6.07, 6.45) is 1.85. The van der Waals surface area contributed by atoms with Crippen LogP contribution in [0.15, 0.2) is 48.7 Å². The molecule has 0 bridgehead atoms. The van der Waals surface area contributed by atoms with E-state index in [0.717, 1.165) is 12.1 Å². The van der Waals surface area contributed by atoms with E-state index in [4.69, 9.17) is 0 Å². The van der Waals surface area contributed by atoms with Gasteiger partial charge in [-0.25, -0.2) is 0 Å². The van der Waals surface area contributed by atoms with Crippen molar-refractivity contribution in [3.8, 4) is 11.3 Å². The van der Waals surface area contributed by atoms with E-state index < -0.39 is 0 Å². The van der Waals surface area contributed by atoms with Gasteiger partial charge in [-0.1, -0.05) is 24.3 Å². The molecule has 3 heterocycles. The number of aromatic nitrogens is 2. The van der Waals surface area contributed by atoms with Gasteiger partial charge in [0.1, 0.15) is 0 Å². The molecular weight excluding hydrogens is 196 g/mol. The minimum absolute atomic E-state index is 0.973. The first-order valence-electron chi connectivity index (χ1n) is 5.46. The lowest BCUT2D eigenvalue weighted by Gasteiger charge is -1.98. The maximum atomic E-state index is 4.40. The van der Waals surface area contributed by atoms with Gasteiger partial charge in [0.2, 0.25) is 0 Å². The number of nitrogens with zero attached hydrogens (tertiary/aromatic N) is 2. The van der Waals surface area contributed by atoms with Crippen LogP contribution in [0.25, 0.3) is 22.3 Å². The Labute approximate surface area is 93.2 Å². The van der Waals surface area contributed by atoms with Crippen LogP contribution in [0, 0.1) is 0 Å². The zero-order valence-corrected chi connectivity index (χ0v) is 8.72. The summed E-state index contributed by atoms with van der Waals surface area (Å²) < 4.78 is 2.34. The van der Waals surface area contributed by atoms with Crippen LogP contribution < -0.4 is 0 Å². The van der Waals surface area contributed by atoms with E-state index in [1.165, 1.54) is 22.3 Å². The molecule has 0 saturated heterocycles. The Hall–Kier alpha value is -2.09. The third-order valence-corrected chi connectivity index (χ3v) is 3.29. The summed E-state index contributed by atoms with van der Waals surface area (Å²) in [5, 5.41) is 0. The van der Waals surface area contributed by atoms with Gasteiger partial charge >= 0.3 is 0 Å². The van der Waals surface area contributed by atoms with Crippen molar-refractivity contribution in [1.82, 2.24) is 9.55 Å². The molecule has 2 aromatic heterocycles. The van der Waals surface area contributed by atoms with Crippen LogP contribution in [0.5, 0.6) is 0 Å². The molecule has 1 aliphatic heterocycles. The van der Waals surface area contributed by atoms with E-state index in [9.17, 15) is 0 Å². The van der Waals surface area contributed by atoms with Gasteiger partial charge in [0.05, 0.1) is 16.7 Å². The van der Waals surface area contributed by atoms with Crippen LogP contribution in [0.3, 0.4) is 0 Å². The second-order valence-corrected chi connectivity index (χ2v) is 4.18. The van der Waals surface area contributed by atoms with E-state index in [2.05, 4.69) is 45.9 Å². The molecule has 0 aliphatic carbocycles. The van der Waals surface area contributed by atoms with E-state index in [0.29, 0.717) is 0 Å². The fraction of sp³-hybridized carbons (Fsp3) is 0.0714. The molecule has 2 nitrogen and oxygen atoms in total. The normalized spacial score (nSPS) is 12.8. The summed E-state index contributed by atoms with van der Waals surface area (Å²) in [7, 11) is 0. The van der Waals surface area contributed by atoms with Crippen LogP contribution in [-0.4, -0.2) is 9.55 Å². The molecule has 1 aromatic carbocycles. The molecule has 0 spiro atoms. The van der Waals surface area contributed by atoms with Crippen LogP contribution in [0.2, 0.25) is 0 Å². The van der Waals surface area contributed by atoms with Crippen molar-refractivity contribution in [3.05, 3.63) is 54.2 Å². The first-order valence-corrected chi connectivity index (χ1v) is 5.46. The minimum atomic E-state index is 0.973. The summed E-state index contributed by atoms with van der Waals surface area (Å²) in [5.41, 5.74) is 6.37. The molecule has 4 rings (SSSR count). The van der Waals surface area contributed by atoms with Crippen molar-refractivity contribution in [3.63, 3.8) is 0 Å². The highest BCUT2D eigenvalue weighted by atomic mass is 15.0. The monoisotopic (exact) mass is 206 g/mol. The average Bonchev–Trinajstić information content (AvgIpc) is 2.85. The van der Waals surface area contributed by atoms with Gasteiger partial charge < -0.3 is 4.57 Å². The van der Waals surface area contributed by atoms with Crippen molar-refractivity contribution >= 4 is 11.0 Å². The number of hydrogen-bond donors (Lipinski definition) is 0. The second-order valence-electron chi connectivity index (χ2n) is 4.18. The quantitative estimate of drug-likeness (QED) is 0.432. The number of hydrogen-bond acceptors (Lipinski definition) is 1. The summed E-state index contributed by atoms with van der Waals surface area (Å²) in [5.74, 6) is 0. The topological polar surface area (TPSA) is 17.8 Å². The Balaban J connectivity index is 2.12. The van der Waals surface area contributed by atoms with Crippen molar-refractivity contribution < 1.29 is 0 Å². The van der Waals surface area contributed by atoms with Crippen LogP contribution in [0.4, 0.5) is 0 Å². The highest BCUT2D eigenvalue weighted by molar-refractivity contribution is 5.86. The Kier molecular flexibility index (Phi) is 1.38. The molecular formula is C14H10N2. The Bertz CT molecular complexity index is 695. The predicted octanol–water partition coefficient (Wildman–Crippen LogP) is 3.07. The van der Waals surface area contributed by atoms with Crippen molar-refractivity contribution in [2.75, 3.05) is 0 Å². The number of pyridine rings is 1. The van der Waals surface area contributed by atoms with Crippen LogP contribution in [-0.2, 0) is 6.54 Å². The van der Waals surface area contributed by atoms with Gasteiger partial charge in [-0.3, -0.25) is 4.98 Å². The van der Waals surface area contributed by atoms with E-state index in [1.807, 2.05) is 12.3 Å².